The van der Waals surface area contributed by atoms with Crippen molar-refractivity contribution in [1.29, 1.82) is 0 Å². The molecule has 0 radical (unpaired) electrons. The molecule has 1 N–H and O–H groups in total. The molecule has 0 aromatic carbocycles. The van der Waals surface area contributed by atoms with Gasteiger partial charge in [-0.05, 0) is 37.8 Å². The van der Waals surface area contributed by atoms with E-state index in [9.17, 15) is 4.79 Å². The summed E-state index contributed by atoms with van der Waals surface area (Å²) in [6.07, 6.45) is 0.0965. The zero-order valence-electron chi connectivity index (χ0n) is 9.37. The molecule has 1 aromatic heterocycles. The van der Waals surface area contributed by atoms with Gasteiger partial charge in [0.05, 0.1) is 12.6 Å². The second kappa shape index (κ2) is 5.88. The van der Waals surface area contributed by atoms with E-state index in [1.807, 2.05) is 26.2 Å². The molecule has 84 valence electrons. The third-order valence-electron chi connectivity index (χ3n) is 1.96. The fraction of sp³-hybridized carbons (Fsp3) is 0.545. The largest absolute Gasteiger partial charge is 0.369 e. The summed E-state index contributed by atoms with van der Waals surface area (Å²) in [5, 5.41) is 4.86. The van der Waals surface area contributed by atoms with E-state index in [-0.39, 0.29) is 18.6 Å². The SMILES string of the molecule is Cc1ccsc1CNC(=O)COC(C)C. The fourth-order valence-corrected chi connectivity index (χ4v) is 1.90. The minimum atomic E-state index is -0.0588. The highest BCUT2D eigenvalue weighted by molar-refractivity contribution is 7.10. The van der Waals surface area contributed by atoms with Crippen LogP contribution in [0, 0.1) is 6.92 Å². The van der Waals surface area contributed by atoms with Gasteiger partial charge in [-0.25, -0.2) is 0 Å². The quantitative estimate of drug-likeness (QED) is 0.836. The average Bonchev–Trinajstić information content (AvgIpc) is 2.58. The Bertz CT molecular complexity index is 320. The van der Waals surface area contributed by atoms with Gasteiger partial charge >= 0.3 is 0 Å². The second-order valence-electron chi connectivity index (χ2n) is 3.66. The van der Waals surface area contributed by atoms with Gasteiger partial charge < -0.3 is 10.1 Å². The number of thiophene rings is 1. The molecule has 0 saturated carbocycles. The van der Waals surface area contributed by atoms with E-state index in [0.717, 1.165) is 0 Å². The molecule has 0 fully saturated rings. The first-order valence-electron chi connectivity index (χ1n) is 5.01. The molecule has 1 aromatic rings. The average molecular weight is 227 g/mol. The maximum atomic E-state index is 11.3. The van der Waals surface area contributed by atoms with E-state index in [4.69, 9.17) is 4.74 Å². The normalized spacial score (nSPS) is 10.7. The van der Waals surface area contributed by atoms with Gasteiger partial charge in [-0.2, -0.15) is 0 Å². The fourth-order valence-electron chi connectivity index (χ4n) is 1.06. The lowest BCUT2D eigenvalue weighted by atomic mass is 10.3. The zero-order valence-corrected chi connectivity index (χ0v) is 10.2. The molecule has 15 heavy (non-hydrogen) atoms. The van der Waals surface area contributed by atoms with Gasteiger partial charge in [-0.1, -0.05) is 0 Å². The van der Waals surface area contributed by atoms with Gasteiger partial charge in [0, 0.05) is 4.88 Å². The minimum Gasteiger partial charge on any atom is -0.369 e. The summed E-state index contributed by atoms with van der Waals surface area (Å²) in [7, 11) is 0. The molecular formula is C11H17NO2S. The maximum Gasteiger partial charge on any atom is 0.246 e. The van der Waals surface area contributed by atoms with Gasteiger partial charge in [0.15, 0.2) is 0 Å². The molecule has 3 nitrogen and oxygen atoms in total. The summed E-state index contributed by atoms with van der Waals surface area (Å²) in [4.78, 5) is 12.5. The number of hydrogen-bond acceptors (Lipinski definition) is 3. The maximum absolute atomic E-state index is 11.3. The van der Waals surface area contributed by atoms with Gasteiger partial charge in [0.2, 0.25) is 5.91 Å². The van der Waals surface area contributed by atoms with Crippen molar-refractivity contribution in [3.8, 4) is 0 Å². The van der Waals surface area contributed by atoms with Crippen molar-refractivity contribution in [3.05, 3.63) is 21.9 Å². The van der Waals surface area contributed by atoms with Crippen molar-refractivity contribution >= 4 is 17.2 Å². The van der Waals surface area contributed by atoms with Crippen LogP contribution in [-0.2, 0) is 16.1 Å². The van der Waals surface area contributed by atoms with Gasteiger partial charge in [0.25, 0.3) is 0 Å². The topological polar surface area (TPSA) is 38.3 Å². The lowest BCUT2D eigenvalue weighted by Gasteiger charge is -2.07. The number of amides is 1. The van der Waals surface area contributed by atoms with Crippen LogP contribution >= 0.6 is 11.3 Å². The Morgan fingerprint density at radius 1 is 1.60 bits per heavy atom. The number of hydrogen-bond donors (Lipinski definition) is 1. The van der Waals surface area contributed by atoms with Crippen molar-refractivity contribution in [2.24, 2.45) is 0 Å². The molecule has 0 unspecified atom stereocenters. The first-order valence-corrected chi connectivity index (χ1v) is 5.89. The third-order valence-corrected chi connectivity index (χ3v) is 2.99. The summed E-state index contributed by atoms with van der Waals surface area (Å²) < 4.78 is 5.20. The van der Waals surface area contributed by atoms with E-state index in [1.165, 1.54) is 10.4 Å². The monoisotopic (exact) mass is 227 g/mol. The van der Waals surface area contributed by atoms with E-state index >= 15 is 0 Å². The van der Waals surface area contributed by atoms with E-state index < -0.39 is 0 Å². The Kier molecular flexibility index (Phi) is 4.78. The Morgan fingerprint density at radius 3 is 2.87 bits per heavy atom. The smallest absolute Gasteiger partial charge is 0.246 e. The van der Waals surface area contributed by atoms with Crippen molar-refractivity contribution < 1.29 is 9.53 Å². The first kappa shape index (κ1) is 12.2. The highest BCUT2D eigenvalue weighted by Gasteiger charge is 2.04. The summed E-state index contributed by atoms with van der Waals surface area (Å²) in [5.41, 5.74) is 1.23. The molecule has 0 aliphatic heterocycles. The van der Waals surface area contributed by atoms with Gasteiger partial charge in [-0.15, -0.1) is 11.3 Å². The van der Waals surface area contributed by atoms with E-state index in [0.29, 0.717) is 6.54 Å². The van der Waals surface area contributed by atoms with Crippen LogP contribution in [0.4, 0.5) is 0 Å². The highest BCUT2D eigenvalue weighted by Crippen LogP contribution is 2.14. The highest BCUT2D eigenvalue weighted by atomic mass is 32.1. The predicted octanol–water partition coefficient (Wildman–Crippen LogP) is 2.10. The summed E-state index contributed by atoms with van der Waals surface area (Å²) >= 11 is 1.66. The van der Waals surface area contributed by atoms with Gasteiger partial charge in [0.1, 0.15) is 6.61 Å². The van der Waals surface area contributed by atoms with Crippen LogP contribution < -0.4 is 5.32 Å². The Balaban J connectivity index is 2.26. The molecule has 1 amide bonds. The number of aryl methyl sites for hydroxylation is 1. The molecular weight excluding hydrogens is 210 g/mol. The molecule has 4 heteroatoms. The lowest BCUT2D eigenvalue weighted by molar-refractivity contribution is -0.127. The number of rotatable bonds is 5. The minimum absolute atomic E-state index is 0.0588. The number of carbonyl (C=O) groups excluding carboxylic acids is 1. The van der Waals surface area contributed by atoms with Crippen LogP contribution in [0.3, 0.4) is 0 Å². The van der Waals surface area contributed by atoms with Crippen LogP contribution in [0.1, 0.15) is 24.3 Å². The van der Waals surface area contributed by atoms with Crippen molar-refractivity contribution in [2.45, 2.75) is 33.4 Å². The van der Waals surface area contributed by atoms with Crippen molar-refractivity contribution in [1.82, 2.24) is 5.32 Å². The second-order valence-corrected chi connectivity index (χ2v) is 4.66. The van der Waals surface area contributed by atoms with Crippen LogP contribution in [0.15, 0.2) is 11.4 Å². The van der Waals surface area contributed by atoms with Crippen molar-refractivity contribution in [3.63, 3.8) is 0 Å². The number of ether oxygens (including phenoxy) is 1. The molecule has 0 spiro atoms. The van der Waals surface area contributed by atoms with E-state index in [1.54, 1.807) is 11.3 Å². The van der Waals surface area contributed by atoms with Crippen molar-refractivity contribution in [2.75, 3.05) is 6.61 Å². The van der Waals surface area contributed by atoms with Crippen LogP contribution in [0.2, 0.25) is 0 Å². The van der Waals surface area contributed by atoms with Crippen LogP contribution in [0.5, 0.6) is 0 Å². The van der Waals surface area contributed by atoms with Crippen LogP contribution in [0.25, 0.3) is 0 Å². The van der Waals surface area contributed by atoms with Crippen LogP contribution in [-0.4, -0.2) is 18.6 Å². The molecule has 0 bridgehead atoms. The standard InChI is InChI=1S/C11H17NO2S/c1-8(2)14-7-11(13)12-6-10-9(3)4-5-15-10/h4-5,8H,6-7H2,1-3H3,(H,12,13). The number of carbonyl (C=O) groups is 1. The molecule has 0 aliphatic rings. The Hall–Kier alpha value is -0.870. The molecule has 1 rings (SSSR count). The number of nitrogens with one attached hydrogen (secondary N) is 1. The van der Waals surface area contributed by atoms with E-state index in [2.05, 4.69) is 11.4 Å². The summed E-state index contributed by atoms with van der Waals surface area (Å²) in [6, 6.07) is 2.05. The first-order chi connectivity index (χ1) is 7.09. The molecule has 1 heterocycles. The Morgan fingerprint density at radius 2 is 2.33 bits per heavy atom. The van der Waals surface area contributed by atoms with Gasteiger partial charge in [-0.3, -0.25) is 4.79 Å². The zero-order chi connectivity index (χ0) is 11.3. The summed E-state index contributed by atoms with van der Waals surface area (Å²) in [5.74, 6) is -0.0588. The molecule has 0 aliphatic carbocycles. The third kappa shape index (κ3) is 4.44. The Labute approximate surface area is 94.5 Å². The predicted molar refractivity (Wildman–Crippen MR) is 62.0 cm³/mol. The molecule has 0 atom stereocenters. The summed E-state index contributed by atoms with van der Waals surface area (Å²) in [6.45, 7) is 6.61. The lowest BCUT2D eigenvalue weighted by Crippen LogP contribution is -2.28. The molecule has 0 saturated heterocycles.